The van der Waals surface area contributed by atoms with Crippen LogP contribution in [0.3, 0.4) is 0 Å². The Bertz CT molecular complexity index is 1030. The minimum absolute atomic E-state index is 0.0461. The third-order valence-corrected chi connectivity index (χ3v) is 4.77. The first-order valence-corrected chi connectivity index (χ1v) is 9.04. The highest BCUT2D eigenvalue weighted by Gasteiger charge is 2.30. The van der Waals surface area contributed by atoms with Crippen LogP contribution in [0.4, 0.5) is 13.2 Å². The molecule has 5 nitrogen and oxygen atoms in total. The van der Waals surface area contributed by atoms with E-state index in [1.165, 1.54) is 23.8 Å². The molecule has 1 atom stereocenters. The number of halogens is 3. The molecule has 0 saturated carbocycles. The number of aryl methyl sites for hydroxylation is 1. The Kier molecular flexibility index (Phi) is 5.00. The Morgan fingerprint density at radius 3 is 2.83 bits per heavy atom. The van der Waals surface area contributed by atoms with Crippen LogP contribution in [-0.2, 0) is 19.2 Å². The zero-order valence-electron chi connectivity index (χ0n) is 15.2. The summed E-state index contributed by atoms with van der Waals surface area (Å²) in [5.41, 5.74) is 1.60. The van der Waals surface area contributed by atoms with E-state index in [0.717, 1.165) is 30.5 Å². The van der Waals surface area contributed by atoms with E-state index in [0.29, 0.717) is 0 Å². The maximum atomic E-state index is 12.8. The first-order valence-electron chi connectivity index (χ1n) is 9.04. The van der Waals surface area contributed by atoms with E-state index < -0.39 is 11.7 Å². The third-order valence-electron chi connectivity index (χ3n) is 4.77. The van der Waals surface area contributed by atoms with Crippen molar-refractivity contribution in [2.24, 2.45) is 0 Å². The monoisotopic (exact) mass is 402 g/mol. The molecule has 0 fully saturated rings. The lowest BCUT2D eigenvalue weighted by molar-refractivity contribution is -0.137. The van der Waals surface area contributed by atoms with Gasteiger partial charge in [0.15, 0.2) is 11.5 Å². The van der Waals surface area contributed by atoms with Gasteiger partial charge in [0.2, 0.25) is 0 Å². The van der Waals surface area contributed by atoms with Crippen molar-refractivity contribution in [2.75, 3.05) is 0 Å². The van der Waals surface area contributed by atoms with Gasteiger partial charge in [-0.05, 0) is 42.2 Å². The minimum atomic E-state index is -4.45. The second kappa shape index (κ2) is 7.62. The Balaban J connectivity index is 1.37. The molecule has 3 aromatic rings. The van der Waals surface area contributed by atoms with E-state index in [4.69, 9.17) is 9.26 Å². The first-order chi connectivity index (χ1) is 13.9. The number of alkyl halides is 3. The molecule has 1 amide bonds. The van der Waals surface area contributed by atoms with Crippen molar-refractivity contribution in [1.29, 1.82) is 0 Å². The summed E-state index contributed by atoms with van der Waals surface area (Å²) in [6.07, 6.45) is -2.74. The van der Waals surface area contributed by atoms with E-state index in [1.54, 1.807) is 0 Å². The second-order valence-corrected chi connectivity index (χ2v) is 6.76. The number of nitrogens with one attached hydrogen (secondary N) is 1. The molecule has 1 aliphatic rings. The molecule has 150 valence electrons. The van der Waals surface area contributed by atoms with Crippen molar-refractivity contribution in [3.8, 4) is 5.75 Å². The lowest BCUT2D eigenvalue weighted by atomic mass is 10.1. The zero-order chi connectivity index (χ0) is 20.4. The SMILES string of the molecule is O=C(N[C@@H]1CCc2ccccc21)c1cc(COc2cccc(C(F)(F)F)c2)on1. The number of rotatable bonds is 5. The van der Waals surface area contributed by atoms with Gasteiger partial charge in [-0.2, -0.15) is 13.2 Å². The number of carbonyl (C=O) groups is 1. The van der Waals surface area contributed by atoms with Crippen molar-refractivity contribution in [2.45, 2.75) is 31.7 Å². The fourth-order valence-electron chi connectivity index (χ4n) is 3.34. The van der Waals surface area contributed by atoms with Gasteiger partial charge in [-0.3, -0.25) is 4.79 Å². The number of ether oxygens (including phenoxy) is 1. The van der Waals surface area contributed by atoms with Gasteiger partial charge in [0.1, 0.15) is 12.4 Å². The summed E-state index contributed by atoms with van der Waals surface area (Å²) in [5, 5.41) is 6.67. The second-order valence-electron chi connectivity index (χ2n) is 6.76. The lowest BCUT2D eigenvalue weighted by Gasteiger charge is -2.12. The topological polar surface area (TPSA) is 64.4 Å². The fourth-order valence-corrected chi connectivity index (χ4v) is 3.34. The average molecular weight is 402 g/mol. The van der Waals surface area contributed by atoms with Gasteiger partial charge in [-0.15, -0.1) is 0 Å². The zero-order valence-corrected chi connectivity index (χ0v) is 15.2. The highest BCUT2D eigenvalue weighted by molar-refractivity contribution is 5.92. The quantitative estimate of drug-likeness (QED) is 0.673. The van der Waals surface area contributed by atoms with Crippen LogP contribution in [-0.4, -0.2) is 11.1 Å². The average Bonchev–Trinajstić information content (AvgIpc) is 3.34. The number of hydrogen-bond acceptors (Lipinski definition) is 4. The van der Waals surface area contributed by atoms with Gasteiger partial charge >= 0.3 is 6.18 Å². The van der Waals surface area contributed by atoms with Crippen LogP contribution in [0.5, 0.6) is 5.75 Å². The number of carbonyl (C=O) groups excluding carboxylic acids is 1. The van der Waals surface area contributed by atoms with E-state index in [2.05, 4.69) is 10.5 Å². The van der Waals surface area contributed by atoms with Crippen molar-refractivity contribution >= 4 is 5.91 Å². The predicted octanol–water partition coefficient (Wildman–Crippen LogP) is 4.69. The molecule has 29 heavy (non-hydrogen) atoms. The largest absolute Gasteiger partial charge is 0.486 e. The Labute approximate surface area is 164 Å². The lowest BCUT2D eigenvalue weighted by Crippen LogP contribution is -2.27. The maximum Gasteiger partial charge on any atom is 0.416 e. The van der Waals surface area contributed by atoms with Crippen molar-refractivity contribution in [3.63, 3.8) is 0 Å². The Morgan fingerprint density at radius 2 is 2.00 bits per heavy atom. The molecular weight excluding hydrogens is 385 g/mol. The van der Waals surface area contributed by atoms with Crippen molar-refractivity contribution in [1.82, 2.24) is 10.5 Å². The number of fused-ring (bicyclic) bond motifs is 1. The first kappa shape index (κ1) is 19.0. The normalized spacial score (nSPS) is 15.8. The molecule has 0 unspecified atom stereocenters. The molecule has 1 N–H and O–H groups in total. The molecule has 4 rings (SSSR count). The van der Waals surface area contributed by atoms with Crippen LogP contribution in [0.25, 0.3) is 0 Å². The summed E-state index contributed by atoms with van der Waals surface area (Å²) in [5.74, 6) is -0.0926. The van der Waals surface area contributed by atoms with Crippen molar-refractivity contribution < 1.29 is 27.2 Å². The Morgan fingerprint density at radius 1 is 1.17 bits per heavy atom. The molecule has 0 radical (unpaired) electrons. The van der Waals surface area contributed by atoms with Gasteiger partial charge < -0.3 is 14.6 Å². The summed E-state index contributed by atoms with van der Waals surface area (Å²) in [6.45, 7) is -0.145. The third kappa shape index (κ3) is 4.26. The molecule has 2 aromatic carbocycles. The molecule has 0 saturated heterocycles. The molecule has 8 heteroatoms. The molecule has 0 spiro atoms. The van der Waals surface area contributed by atoms with Crippen LogP contribution in [0, 0.1) is 0 Å². The molecule has 1 heterocycles. The van der Waals surface area contributed by atoms with E-state index in [9.17, 15) is 18.0 Å². The summed E-state index contributed by atoms with van der Waals surface area (Å²) in [7, 11) is 0. The summed E-state index contributed by atoms with van der Waals surface area (Å²) in [6, 6.07) is 13.8. The van der Waals surface area contributed by atoms with Gasteiger partial charge in [0.25, 0.3) is 5.91 Å². The van der Waals surface area contributed by atoms with Crippen LogP contribution in [0.2, 0.25) is 0 Å². The van der Waals surface area contributed by atoms with Crippen LogP contribution < -0.4 is 10.1 Å². The van der Waals surface area contributed by atoms with Crippen molar-refractivity contribution in [3.05, 3.63) is 82.7 Å². The van der Waals surface area contributed by atoms with Crippen LogP contribution in [0.1, 0.15) is 45.4 Å². The molecular formula is C21H17F3N2O3. The highest BCUT2D eigenvalue weighted by atomic mass is 19.4. The predicted molar refractivity (Wildman–Crippen MR) is 97.2 cm³/mol. The molecule has 0 aliphatic heterocycles. The van der Waals surface area contributed by atoms with Gasteiger partial charge in [-0.1, -0.05) is 35.5 Å². The number of amides is 1. The number of benzene rings is 2. The number of hydrogen-bond donors (Lipinski definition) is 1. The number of nitrogens with zero attached hydrogens (tertiary/aromatic N) is 1. The molecule has 1 aliphatic carbocycles. The summed E-state index contributed by atoms with van der Waals surface area (Å²) >= 11 is 0. The van der Waals surface area contributed by atoms with Gasteiger partial charge in [0.05, 0.1) is 11.6 Å². The summed E-state index contributed by atoms with van der Waals surface area (Å²) < 4.78 is 48.7. The fraction of sp³-hybridized carbons (Fsp3) is 0.238. The highest BCUT2D eigenvalue weighted by Crippen LogP contribution is 2.32. The van der Waals surface area contributed by atoms with E-state index in [1.807, 2.05) is 24.3 Å². The van der Waals surface area contributed by atoms with Crippen LogP contribution in [0.15, 0.2) is 59.1 Å². The van der Waals surface area contributed by atoms with Crippen LogP contribution >= 0.6 is 0 Å². The minimum Gasteiger partial charge on any atom is -0.486 e. The van der Waals surface area contributed by atoms with E-state index in [-0.39, 0.29) is 35.8 Å². The Hall–Kier alpha value is -3.29. The molecule has 1 aromatic heterocycles. The maximum absolute atomic E-state index is 12.8. The standard InChI is InChI=1S/C21H17F3N2O3/c22-21(23,24)14-5-3-6-15(10-14)28-12-16-11-19(26-29-16)20(27)25-18-9-8-13-4-1-2-7-17(13)18/h1-7,10-11,18H,8-9,12H2,(H,25,27)/t18-/m1/s1. The number of aromatic nitrogens is 1. The smallest absolute Gasteiger partial charge is 0.416 e. The van der Waals surface area contributed by atoms with Gasteiger partial charge in [0, 0.05) is 6.07 Å². The van der Waals surface area contributed by atoms with Gasteiger partial charge in [-0.25, -0.2) is 0 Å². The molecule has 0 bridgehead atoms. The van der Waals surface area contributed by atoms with E-state index >= 15 is 0 Å². The summed E-state index contributed by atoms with van der Waals surface area (Å²) in [4.78, 5) is 12.5.